The Kier molecular flexibility index (Phi) is 4.70. The summed E-state index contributed by atoms with van der Waals surface area (Å²) in [5.74, 6) is -3.80. The molecule has 0 heterocycles. The maximum Gasteiger partial charge on any atom is 0.309 e. The van der Waals surface area contributed by atoms with Gasteiger partial charge in [0.25, 0.3) is 0 Å². The van der Waals surface area contributed by atoms with Crippen molar-refractivity contribution in [1.29, 1.82) is 0 Å². The third kappa shape index (κ3) is 5.29. The normalized spacial score (nSPS) is 23.9. The van der Waals surface area contributed by atoms with Crippen LogP contribution in [0.3, 0.4) is 0 Å². The summed E-state index contributed by atoms with van der Waals surface area (Å²) in [6.07, 6.45) is -0.0155. The second kappa shape index (κ2) is 5.51. The molecule has 1 aliphatic rings. The standard InChI is InChI=1S/C13H22F2O3/c1-12(2,3)18-11(17)10-7-9(10)8-13(14,15)5-4-6-16/h9-10,16H,4-8H2,1-3H3/t9?,10-/m0/s1. The second-order valence-electron chi connectivity index (χ2n) is 6.02. The van der Waals surface area contributed by atoms with Gasteiger partial charge in [-0.2, -0.15) is 0 Å². The summed E-state index contributed by atoms with van der Waals surface area (Å²) in [6, 6.07) is 0. The van der Waals surface area contributed by atoms with E-state index in [0.717, 1.165) is 0 Å². The minimum absolute atomic E-state index is 0.0941. The molecule has 0 amide bonds. The van der Waals surface area contributed by atoms with Crippen LogP contribution in [0.25, 0.3) is 0 Å². The molecule has 2 atom stereocenters. The van der Waals surface area contributed by atoms with Crippen molar-refractivity contribution in [2.75, 3.05) is 6.61 Å². The van der Waals surface area contributed by atoms with Crippen LogP contribution in [0.4, 0.5) is 8.78 Å². The number of carbonyl (C=O) groups excluding carboxylic acids is 1. The van der Waals surface area contributed by atoms with E-state index in [4.69, 9.17) is 9.84 Å². The lowest BCUT2D eigenvalue weighted by Gasteiger charge is -2.20. The van der Waals surface area contributed by atoms with Gasteiger partial charge in [-0.05, 0) is 39.5 Å². The van der Waals surface area contributed by atoms with Crippen molar-refractivity contribution in [3.8, 4) is 0 Å². The van der Waals surface area contributed by atoms with E-state index in [1.54, 1.807) is 20.8 Å². The Hall–Kier alpha value is -0.710. The lowest BCUT2D eigenvalue weighted by Crippen LogP contribution is -2.26. The van der Waals surface area contributed by atoms with Gasteiger partial charge < -0.3 is 9.84 Å². The molecule has 0 aromatic carbocycles. The Labute approximate surface area is 107 Å². The molecule has 1 saturated carbocycles. The number of alkyl halides is 2. The minimum Gasteiger partial charge on any atom is -0.460 e. The molecule has 5 heteroatoms. The summed E-state index contributed by atoms with van der Waals surface area (Å²) < 4.78 is 32.0. The highest BCUT2D eigenvalue weighted by Crippen LogP contribution is 2.47. The van der Waals surface area contributed by atoms with Gasteiger partial charge in [-0.25, -0.2) is 8.78 Å². The number of aliphatic hydroxyl groups is 1. The van der Waals surface area contributed by atoms with E-state index in [2.05, 4.69) is 0 Å². The third-order valence-corrected chi connectivity index (χ3v) is 2.89. The molecule has 1 fully saturated rings. The van der Waals surface area contributed by atoms with Crippen LogP contribution < -0.4 is 0 Å². The van der Waals surface area contributed by atoms with Gasteiger partial charge >= 0.3 is 5.97 Å². The predicted molar refractivity (Wildman–Crippen MR) is 63.3 cm³/mol. The van der Waals surface area contributed by atoms with E-state index >= 15 is 0 Å². The Balaban J connectivity index is 2.34. The summed E-state index contributed by atoms with van der Waals surface area (Å²) >= 11 is 0. The molecule has 1 rings (SSSR count). The molecule has 1 N–H and O–H groups in total. The first-order valence-corrected chi connectivity index (χ1v) is 6.36. The fraction of sp³-hybridized carbons (Fsp3) is 0.923. The highest BCUT2D eigenvalue weighted by atomic mass is 19.3. The predicted octanol–water partition coefficient (Wildman–Crippen LogP) is 2.76. The third-order valence-electron chi connectivity index (χ3n) is 2.89. The molecule has 0 spiro atoms. The molecule has 0 aliphatic heterocycles. The molecule has 0 aromatic rings. The van der Waals surface area contributed by atoms with E-state index in [1.165, 1.54) is 0 Å². The molecule has 1 aliphatic carbocycles. The van der Waals surface area contributed by atoms with Gasteiger partial charge in [0, 0.05) is 19.4 Å². The smallest absolute Gasteiger partial charge is 0.309 e. The van der Waals surface area contributed by atoms with Gasteiger partial charge in [0.05, 0.1) is 5.92 Å². The van der Waals surface area contributed by atoms with Crippen molar-refractivity contribution in [2.45, 2.75) is 58.0 Å². The van der Waals surface area contributed by atoms with E-state index in [0.29, 0.717) is 6.42 Å². The zero-order valence-corrected chi connectivity index (χ0v) is 11.2. The lowest BCUT2D eigenvalue weighted by atomic mass is 10.1. The van der Waals surface area contributed by atoms with Crippen molar-refractivity contribution in [1.82, 2.24) is 0 Å². The fourth-order valence-electron chi connectivity index (χ4n) is 1.96. The van der Waals surface area contributed by atoms with Gasteiger partial charge in [-0.1, -0.05) is 0 Å². The zero-order valence-electron chi connectivity index (χ0n) is 11.2. The summed E-state index contributed by atoms with van der Waals surface area (Å²) in [5, 5.41) is 8.54. The van der Waals surface area contributed by atoms with Gasteiger partial charge in [0.1, 0.15) is 5.60 Å². The van der Waals surface area contributed by atoms with Crippen molar-refractivity contribution < 1.29 is 23.4 Å². The average molecular weight is 264 g/mol. The van der Waals surface area contributed by atoms with Crippen LogP contribution in [0.1, 0.15) is 46.5 Å². The Bertz CT molecular complexity index is 297. The van der Waals surface area contributed by atoms with E-state index in [1.807, 2.05) is 0 Å². The number of esters is 1. The SMILES string of the molecule is CC(C)(C)OC(=O)[C@H]1CC1CC(F)(F)CCCO. The lowest BCUT2D eigenvalue weighted by molar-refractivity contribution is -0.157. The quantitative estimate of drug-likeness (QED) is 0.750. The molecule has 3 nitrogen and oxygen atoms in total. The Morgan fingerprint density at radius 1 is 1.39 bits per heavy atom. The van der Waals surface area contributed by atoms with Crippen LogP contribution in [0.15, 0.2) is 0 Å². The molecule has 0 bridgehead atoms. The number of hydrogen-bond donors (Lipinski definition) is 1. The minimum atomic E-state index is -2.79. The summed E-state index contributed by atoms with van der Waals surface area (Å²) in [7, 11) is 0. The molecular weight excluding hydrogens is 242 g/mol. The Morgan fingerprint density at radius 3 is 2.50 bits per heavy atom. The van der Waals surface area contributed by atoms with Crippen molar-refractivity contribution >= 4 is 5.97 Å². The maximum absolute atomic E-state index is 13.4. The summed E-state index contributed by atoms with van der Waals surface area (Å²) in [4.78, 5) is 11.6. The first-order valence-electron chi connectivity index (χ1n) is 6.36. The van der Waals surface area contributed by atoms with Gasteiger partial charge in [0.15, 0.2) is 0 Å². The van der Waals surface area contributed by atoms with Gasteiger partial charge in [-0.3, -0.25) is 4.79 Å². The van der Waals surface area contributed by atoms with Crippen molar-refractivity contribution in [3.63, 3.8) is 0 Å². The van der Waals surface area contributed by atoms with Crippen LogP contribution in [0, 0.1) is 11.8 Å². The molecule has 0 aromatic heterocycles. The fourth-order valence-corrected chi connectivity index (χ4v) is 1.96. The summed E-state index contributed by atoms with van der Waals surface area (Å²) in [6.45, 7) is 5.06. The summed E-state index contributed by atoms with van der Waals surface area (Å²) in [5.41, 5.74) is -0.566. The van der Waals surface area contributed by atoms with Crippen molar-refractivity contribution in [3.05, 3.63) is 0 Å². The first kappa shape index (κ1) is 15.3. The molecule has 106 valence electrons. The number of ether oxygens (including phenoxy) is 1. The molecule has 0 saturated heterocycles. The number of hydrogen-bond acceptors (Lipinski definition) is 3. The van der Waals surface area contributed by atoms with Crippen LogP contribution in [-0.4, -0.2) is 29.2 Å². The molecule has 18 heavy (non-hydrogen) atoms. The maximum atomic E-state index is 13.4. The van der Waals surface area contributed by atoms with Crippen LogP contribution in [-0.2, 0) is 9.53 Å². The highest BCUT2D eigenvalue weighted by molar-refractivity contribution is 5.76. The van der Waals surface area contributed by atoms with Gasteiger partial charge in [-0.15, -0.1) is 0 Å². The van der Waals surface area contributed by atoms with Crippen LogP contribution >= 0.6 is 0 Å². The Morgan fingerprint density at radius 2 is 2.00 bits per heavy atom. The van der Waals surface area contributed by atoms with Gasteiger partial charge in [0.2, 0.25) is 5.92 Å². The van der Waals surface area contributed by atoms with Crippen LogP contribution in [0.2, 0.25) is 0 Å². The topological polar surface area (TPSA) is 46.5 Å². The molecular formula is C13H22F2O3. The highest BCUT2D eigenvalue weighted by Gasteiger charge is 2.49. The first-order chi connectivity index (χ1) is 8.14. The number of carbonyl (C=O) groups is 1. The second-order valence-corrected chi connectivity index (χ2v) is 6.02. The van der Waals surface area contributed by atoms with Crippen LogP contribution in [0.5, 0.6) is 0 Å². The number of halogens is 2. The number of rotatable bonds is 6. The van der Waals surface area contributed by atoms with E-state index in [9.17, 15) is 13.6 Å². The van der Waals surface area contributed by atoms with E-state index in [-0.39, 0.29) is 43.7 Å². The average Bonchev–Trinajstić information content (AvgIpc) is 2.91. The largest absolute Gasteiger partial charge is 0.460 e. The molecule has 0 radical (unpaired) electrons. The number of aliphatic hydroxyl groups excluding tert-OH is 1. The zero-order chi connectivity index (χ0) is 14.0. The van der Waals surface area contributed by atoms with E-state index < -0.39 is 11.5 Å². The van der Waals surface area contributed by atoms with Crippen molar-refractivity contribution in [2.24, 2.45) is 11.8 Å². The monoisotopic (exact) mass is 264 g/mol. The molecule has 1 unspecified atom stereocenters.